The minimum atomic E-state index is -4.77. The maximum atomic E-state index is 12.5. The Morgan fingerprint density at radius 1 is 1.12 bits per heavy atom. The summed E-state index contributed by atoms with van der Waals surface area (Å²) in [7, 11) is 0. The number of nitrogens with one attached hydrogen (secondary N) is 1. The lowest BCUT2D eigenvalue weighted by atomic mass is 10.1. The van der Waals surface area contributed by atoms with Gasteiger partial charge in [0.2, 0.25) is 0 Å². The SMILES string of the molecule is Cc1ccc(-c2nc(-c3cccc(OC(F)(F)F)c3)c3[nH]cnc3n2)o1. The third kappa shape index (κ3) is 3.10. The number of fused-ring (bicyclic) bond motifs is 1. The number of aromatic nitrogens is 4. The number of aromatic amines is 1. The highest BCUT2D eigenvalue weighted by Gasteiger charge is 2.31. The van der Waals surface area contributed by atoms with E-state index in [0.29, 0.717) is 33.9 Å². The molecule has 0 unspecified atom stereocenters. The molecule has 0 saturated carbocycles. The van der Waals surface area contributed by atoms with Crippen LogP contribution >= 0.6 is 0 Å². The molecule has 26 heavy (non-hydrogen) atoms. The molecule has 4 rings (SSSR count). The molecule has 1 aromatic carbocycles. The molecule has 0 saturated heterocycles. The molecule has 0 atom stereocenters. The van der Waals surface area contributed by atoms with Crippen molar-refractivity contribution in [2.24, 2.45) is 0 Å². The van der Waals surface area contributed by atoms with Crippen molar-refractivity contribution in [1.29, 1.82) is 0 Å². The number of benzene rings is 1. The van der Waals surface area contributed by atoms with Crippen molar-refractivity contribution in [2.75, 3.05) is 0 Å². The van der Waals surface area contributed by atoms with Crippen LogP contribution in [0.3, 0.4) is 0 Å². The van der Waals surface area contributed by atoms with Crippen molar-refractivity contribution in [3.05, 3.63) is 48.5 Å². The number of H-pyrrole nitrogens is 1. The van der Waals surface area contributed by atoms with Crippen LogP contribution < -0.4 is 4.74 Å². The monoisotopic (exact) mass is 360 g/mol. The number of imidazole rings is 1. The van der Waals surface area contributed by atoms with Gasteiger partial charge in [-0.1, -0.05) is 12.1 Å². The second-order valence-corrected chi connectivity index (χ2v) is 5.48. The first-order chi connectivity index (χ1) is 12.4. The molecule has 132 valence electrons. The van der Waals surface area contributed by atoms with Crippen LogP contribution in [-0.2, 0) is 0 Å². The van der Waals surface area contributed by atoms with Crippen molar-refractivity contribution >= 4 is 11.2 Å². The van der Waals surface area contributed by atoms with Gasteiger partial charge in [0.25, 0.3) is 0 Å². The van der Waals surface area contributed by atoms with E-state index in [-0.39, 0.29) is 11.6 Å². The largest absolute Gasteiger partial charge is 0.573 e. The Hall–Kier alpha value is -3.36. The molecule has 0 aliphatic rings. The first-order valence-electron chi connectivity index (χ1n) is 7.53. The maximum absolute atomic E-state index is 12.5. The van der Waals surface area contributed by atoms with E-state index in [0.717, 1.165) is 0 Å². The zero-order chi connectivity index (χ0) is 18.3. The van der Waals surface area contributed by atoms with E-state index in [4.69, 9.17) is 4.42 Å². The molecule has 0 aliphatic carbocycles. The summed E-state index contributed by atoms with van der Waals surface area (Å²) >= 11 is 0. The lowest BCUT2D eigenvalue weighted by Crippen LogP contribution is -2.17. The summed E-state index contributed by atoms with van der Waals surface area (Å²) in [5.74, 6) is 1.08. The third-order valence-corrected chi connectivity index (χ3v) is 3.59. The van der Waals surface area contributed by atoms with Crippen molar-refractivity contribution in [1.82, 2.24) is 19.9 Å². The summed E-state index contributed by atoms with van der Waals surface area (Å²) in [6.45, 7) is 1.79. The molecule has 0 radical (unpaired) electrons. The first-order valence-corrected chi connectivity index (χ1v) is 7.53. The quantitative estimate of drug-likeness (QED) is 0.583. The average Bonchev–Trinajstić information content (AvgIpc) is 3.21. The van der Waals surface area contributed by atoms with Crippen molar-refractivity contribution in [2.45, 2.75) is 13.3 Å². The van der Waals surface area contributed by atoms with Gasteiger partial charge in [-0.3, -0.25) is 0 Å². The van der Waals surface area contributed by atoms with E-state index >= 15 is 0 Å². The predicted molar refractivity (Wildman–Crippen MR) is 86.2 cm³/mol. The lowest BCUT2D eigenvalue weighted by Gasteiger charge is -2.10. The summed E-state index contributed by atoms with van der Waals surface area (Å²) in [5, 5.41) is 0. The molecular formula is C17H11F3N4O2. The number of aryl methyl sites for hydroxylation is 1. The molecule has 0 fully saturated rings. The van der Waals surface area contributed by atoms with E-state index in [1.807, 2.05) is 0 Å². The number of furan rings is 1. The van der Waals surface area contributed by atoms with Gasteiger partial charge in [0.05, 0.1) is 6.33 Å². The number of ether oxygens (including phenoxy) is 1. The Morgan fingerprint density at radius 3 is 2.69 bits per heavy atom. The number of rotatable bonds is 3. The molecule has 0 spiro atoms. The standard InChI is InChI=1S/C17H11F3N4O2/c1-9-5-6-12(25-9)15-23-13(14-16(24-15)22-8-21-14)10-3-2-4-11(7-10)26-17(18,19)20/h2-8H,1H3,(H,21,22,23,24). The van der Waals surface area contributed by atoms with Gasteiger partial charge < -0.3 is 14.1 Å². The van der Waals surface area contributed by atoms with Crippen molar-refractivity contribution in [3.63, 3.8) is 0 Å². The molecule has 3 heterocycles. The molecule has 6 nitrogen and oxygen atoms in total. The Morgan fingerprint density at radius 2 is 1.96 bits per heavy atom. The van der Waals surface area contributed by atoms with Crippen molar-refractivity contribution < 1.29 is 22.3 Å². The van der Waals surface area contributed by atoms with Crippen molar-refractivity contribution in [3.8, 4) is 28.6 Å². The average molecular weight is 360 g/mol. The van der Waals surface area contributed by atoms with Crippen LogP contribution in [0.25, 0.3) is 34.0 Å². The highest BCUT2D eigenvalue weighted by Crippen LogP contribution is 2.31. The molecule has 9 heteroatoms. The van der Waals surface area contributed by atoms with Gasteiger partial charge in [-0.25, -0.2) is 15.0 Å². The topological polar surface area (TPSA) is 76.8 Å². The zero-order valence-corrected chi connectivity index (χ0v) is 13.3. The lowest BCUT2D eigenvalue weighted by molar-refractivity contribution is -0.274. The van der Waals surface area contributed by atoms with Gasteiger partial charge in [-0.15, -0.1) is 13.2 Å². The predicted octanol–water partition coefficient (Wildman–Crippen LogP) is 4.49. The molecule has 3 aromatic heterocycles. The van der Waals surface area contributed by atoms with Gasteiger partial charge in [0.1, 0.15) is 22.7 Å². The second-order valence-electron chi connectivity index (χ2n) is 5.48. The van der Waals surface area contributed by atoms with Gasteiger partial charge >= 0.3 is 6.36 Å². The van der Waals surface area contributed by atoms with Crippen LogP contribution in [0, 0.1) is 6.92 Å². The molecule has 0 aliphatic heterocycles. The van der Waals surface area contributed by atoms with Crippen LogP contribution in [0.15, 0.2) is 47.1 Å². The highest BCUT2D eigenvalue weighted by atomic mass is 19.4. The number of alkyl halides is 3. The Balaban J connectivity index is 1.86. The fourth-order valence-corrected chi connectivity index (χ4v) is 2.55. The Bertz CT molecular complexity index is 1080. The minimum absolute atomic E-state index is 0.287. The Labute approximate surface area is 144 Å². The summed E-state index contributed by atoms with van der Waals surface area (Å²) in [4.78, 5) is 15.8. The number of hydrogen-bond donors (Lipinski definition) is 1. The number of hydrogen-bond acceptors (Lipinski definition) is 5. The Kier molecular flexibility index (Phi) is 3.64. The second kappa shape index (κ2) is 5.87. The van der Waals surface area contributed by atoms with E-state index in [1.165, 1.54) is 24.5 Å². The number of nitrogens with zero attached hydrogens (tertiary/aromatic N) is 3. The van der Waals surface area contributed by atoms with Crippen LogP contribution in [0.5, 0.6) is 5.75 Å². The molecule has 4 aromatic rings. The van der Waals surface area contributed by atoms with E-state index in [1.54, 1.807) is 25.1 Å². The van der Waals surface area contributed by atoms with Gasteiger partial charge in [-0.2, -0.15) is 0 Å². The molecule has 0 bridgehead atoms. The molecule has 1 N–H and O–H groups in total. The minimum Gasteiger partial charge on any atom is -0.458 e. The summed E-state index contributed by atoms with van der Waals surface area (Å²) < 4.78 is 47.0. The molecular weight excluding hydrogens is 349 g/mol. The summed E-state index contributed by atoms with van der Waals surface area (Å²) in [6, 6.07) is 9.05. The zero-order valence-electron chi connectivity index (χ0n) is 13.3. The highest BCUT2D eigenvalue weighted by molar-refractivity contribution is 5.88. The molecule has 0 amide bonds. The normalized spacial score (nSPS) is 11.8. The van der Waals surface area contributed by atoms with Crippen LogP contribution in [0.1, 0.15) is 5.76 Å². The van der Waals surface area contributed by atoms with E-state index < -0.39 is 6.36 Å². The third-order valence-electron chi connectivity index (χ3n) is 3.59. The van der Waals surface area contributed by atoms with Crippen LogP contribution in [-0.4, -0.2) is 26.3 Å². The summed E-state index contributed by atoms with van der Waals surface area (Å²) in [6.07, 6.45) is -3.33. The van der Waals surface area contributed by atoms with Gasteiger partial charge in [0.15, 0.2) is 17.2 Å². The smallest absolute Gasteiger partial charge is 0.458 e. The fourth-order valence-electron chi connectivity index (χ4n) is 2.55. The van der Waals surface area contributed by atoms with E-state index in [9.17, 15) is 13.2 Å². The van der Waals surface area contributed by atoms with E-state index in [2.05, 4.69) is 24.7 Å². The number of halogens is 3. The van der Waals surface area contributed by atoms with Crippen LogP contribution in [0.4, 0.5) is 13.2 Å². The summed E-state index contributed by atoms with van der Waals surface area (Å²) in [5.41, 5.74) is 1.69. The van der Waals surface area contributed by atoms with Gasteiger partial charge in [0, 0.05) is 5.56 Å². The maximum Gasteiger partial charge on any atom is 0.573 e. The van der Waals surface area contributed by atoms with Gasteiger partial charge in [-0.05, 0) is 31.2 Å². The first kappa shape index (κ1) is 16.1. The van der Waals surface area contributed by atoms with Crippen LogP contribution in [0.2, 0.25) is 0 Å². The fraction of sp³-hybridized carbons (Fsp3) is 0.118.